The molecule has 13 heavy (non-hydrogen) atoms. The van der Waals surface area contributed by atoms with E-state index in [0.717, 1.165) is 7.05 Å². The van der Waals surface area contributed by atoms with Crippen LogP contribution in [0.1, 0.15) is 0 Å². The Morgan fingerprint density at radius 3 is 2.15 bits per heavy atom. The Bertz CT molecular complexity index is 385. The SMILES string of the molecule is CN(O)S(=O)(=O)c1ccc(Cl)cc1. The quantitative estimate of drug-likeness (QED) is 0.767. The van der Waals surface area contributed by atoms with Crippen LogP contribution in [0.25, 0.3) is 0 Å². The van der Waals surface area contributed by atoms with Crippen LogP contribution in [0.4, 0.5) is 0 Å². The summed E-state index contributed by atoms with van der Waals surface area (Å²) in [5.41, 5.74) is 0. The highest BCUT2D eigenvalue weighted by atomic mass is 35.5. The molecule has 0 saturated heterocycles. The van der Waals surface area contributed by atoms with E-state index in [2.05, 4.69) is 0 Å². The molecule has 1 aromatic carbocycles. The molecule has 0 radical (unpaired) electrons. The lowest BCUT2D eigenvalue weighted by atomic mass is 10.4. The number of hydrogen-bond donors (Lipinski definition) is 1. The van der Waals surface area contributed by atoms with Crippen molar-refractivity contribution in [3.8, 4) is 0 Å². The molecule has 0 unspecified atom stereocenters. The van der Waals surface area contributed by atoms with Gasteiger partial charge in [0.15, 0.2) is 0 Å². The first-order chi connectivity index (χ1) is 5.94. The summed E-state index contributed by atoms with van der Waals surface area (Å²) in [6.07, 6.45) is 0. The molecule has 0 saturated carbocycles. The van der Waals surface area contributed by atoms with Crippen molar-refractivity contribution in [2.45, 2.75) is 4.90 Å². The maximum Gasteiger partial charge on any atom is 0.264 e. The van der Waals surface area contributed by atoms with Gasteiger partial charge in [-0.2, -0.15) is 0 Å². The standard InChI is InChI=1S/C7H8ClNO3S/c1-9(10)13(11,12)7-4-2-6(8)3-5-7/h2-5,10H,1H3. The lowest BCUT2D eigenvalue weighted by molar-refractivity contribution is 0.0310. The maximum absolute atomic E-state index is 11.3. The number of benzene rings is 1. The normalized spacial score (nSPS) is 12.0. The zero-order chi connectivity index (χ0) is 10.1. The molecule has 0 aliphatic carbocycles. The molecule has 0 spiro atoms. The van der Waals surface area contributed by atoms with E-state index in [0.29, 0.717) is 5.02 Å². The highest BCUT2D eigenvalue weighted by Gasteiger charge is 2.17. The number of halogens is 1. The molecule has 1 aromatic rings. The third kappa shape index (κ3) is 2.19. The fourth-order valence-electron chi connectivity index (χ4n) is 0.759. The summed E-state index contributed by atoms with van der Waals surface area (Å²) in [5, 5.41) is 9.26. The van der Waals surface area contributed by atoms with Crippen LogP contribution >= 0.6 is 11.6 Å². The van der Waals surface area contributed by atoms with Gasteiger partial charge in [0.2, 0.25) is 0 Å². The molecule has 0 bridgehead atoms. The smallest absolute Gasteiger partial charge is 0.264 e. The van der Waals surface area contributed by atoms with Crippen molar-refractivity contribution in [2.24, 2.45) is 0 Å². The van der Waals surface area contributed by atoms with Crippen LogP contribution in [-0.4, -0.2) is 25.1 Å². The number of hydroxylamine groups is 1. The van der Waals surface area contributed by atoms with E-state index in [4.69, 9.17) is 16.8 Å². The van der Waals surface area contributed by atoms with Crippen LogP contribution < -0.4 is 0 Å². The average molecular weight is 222 g/mol. The largest absolute Gasteiger partial charge is 0.299 e. The van der Waals surface area contributed by atoms with Crippen LogP contribution in [0.5, 0.6) is 0 Å². The molecule has 0 aliphatic heterocycles. The molecule has 1 N–H and O–H groups in total. The molecule has 72 valence electrons. The first kappa shape index (κ1) is 10.5. The van der Waals surface area contributed by atoms with Crippen molar-refractivity contribution in [1.29, 1.82) is 0 Å². The van der Waals surface area contributed by atoms with Crippen molar-refractivity contribution in [2.75, 3.05) is 7.05 Å². The van der Waals surface area contributed by atoms with Crippen LogP contribution in [0.15, 0.2) is 29.2 Å². The number of rotatable bonds is 2. The summed E-state index contributed by atoms with van der Waals surface area (Å²) < 4.78 is 22.7. The Morgan fingerprint density at radius 1 is 1.31 bits per heavy atom. The minimum atomic E-state index is -3.76. The van der Waals surface area contributed by atoms with E-state index < -0.39 is 10.0 Å². The highest BCUT2D eigenvalue weighted by Crippen LogP contribution is 2.15. The van der Waals surface area contributed by atoms with Gasteiger partial charge in [-0.1, -0.05) is 16.1 Å². The summed E-state index contributed by atoms with van der Waals surface area (Å²) in [6, 6.07) is 5.53. The summed E-state index contributed by atoms with van der Waals surface area (Å²) in [4.78, 5) is 0.00176. The van der Waals surface area contributed by atoms with Gasteiger partial charge < -0.3 is 0 Å². The van der Waals surface area contributed by atoms with Crippen molar-refractivity contribution >= 4 is 21.6 Å². The topological polar surface area (TPSA) is 57.6 Å². The van der Waals surface area contributed by atoms with Gasteiger partial charge in [-0.25, -0.2) is 8.42 Å². The van der Waals surface area contributed by atoms with Gasteiger partial charge in [-0.15, -0.1) is 0 Å². The molecule has 4 nitrogen and oxygen atoms in total. The summed E-state index contributed by atoms with van der Waals surface area (Å²) in [7, 11) is -2.72. The third-order valence-electron chi connectivity index (χ3n) is 1.46. The first-order valence-corrected chi connectivity index (χ1v) is 5.20. The minimum Gasteiger partial charge on any atom is -0.299 e. The molecule has 0 amide bonds. The van der Waals surface area contributed by atoms with Gasteiger partial charge in [-0.3, -0.25) is 5.21 Å². The van der Waals surface area contributed by atoms with E-state index in [1.54, 1.807) is 0 Å². The van der Waals surface area contributed by atoms with Crippen LogP contribution in [0.2, 0.25) is 5.02 Å². The van der Waals surface area contributed by atoms with Crippen LogP contribution in [-0.2, 0) is 10.0 Å². The van der Waals surface area contributed by atoms with Gasteiger partial charge in [-0.05, 0) is 24.3 Å². The molecule has 0 heterocycles. The minimum absolute atomic E-state index is 0.00176. The van der Waals surface area contributed by atoms with Gasteiger partial charge in [0.1, 0.15) is 0 Å². The maximum atomic E-state index is 11.3. The molecule has 0 atom stereocenters. The van der Waals surface area contributed by atoms with Crippen molar-refractivity contribution < 1.29 is 13.6 Å². The molecular formula is C7H8ClNO3S. The second-order valence-corrected chi connectivity index (χ2v) is 4.78. The lowest BCUT2D eigenvalue weighted by Crippen LogP contribution is -2.22. The van der Waals surface area contributed by atoms with Gasteiger partial charge in [0.25, 0.3) is 10.0 Å². The van der Waals surface area contributed by atoms with Crippen LogP contribution in [0.3, 0.4) is 0 Å². The Labute approximate surface area is 81.4 Å². The molecule has 0 fully saturated rings. The highest BCUT2D eigenvalue weighted by molar-refractivity contribution is 7.89. The van der Waals surface area contributed by atoms with Crippen molar-refractivity contribution in [3.05, 3.63) is 29.3 Å². The summed E-state index contributed by atoms with van der Waals surface area (Å²) in [5.74, 6) is 0. The van der Waals surface area contributed by atoms with E-state index in [-0.39, 0.29) is 9.36 Å². The molecule has 0 aliphatic rings. The molecule has 6 heteroatoms. The second kappa shape index (κ2) is 3.63. The molecular weight excluding hydrogens is 214 g/mol. The van der Waals surface area contributed by atoms with Gasteiger partial charge >= 0.3 is 0 Å². The third-order valence-corrected chi connectivity index (χ3v) is 3.27. The molecule has 1 rings (SSSR count). The van der Waals surface area contributed by atoms with Gasteiger partial charge in [0.05, 0.1) is 4.90 Å². The predicted molar refractivity (Wildman–Crippen MR) is 48.2 cm³/mol. The number of nitrogens with zero attached hydrogens (tertiary/aromatic N) is 1. The summed E-state index contributed by atoms with van der Waals surface area (Å²) in [6.45, 7) is 0. The van der Waals surface area contributed by atoms with Crippen molar-refractivity contribution in [3.63, 3.8) is 0 Å². The van der Waals surface area contributed by atoms with Crippen LogP contribution in [0, 0.1) is 0 Å². The van der Waals surface area contributed by atoms with E-state index >= 15 is 0 Å². The Balaban J connectivity index is 3.17. The van der Waals surface area contributed by atoms with E-state index in [1.165, 1.54) is 24.3 Å². The fraction of sp³-hybridized carbons (Fsp3) is 0.143. The lowest BCUT2D eigenvalue weighted by Gasteiger charge is -2.08. The van der Waals surface area contributed by atoms with Gasteiger partial charge in [0, 0.05) is 12.1 Å². The monoisotopic (exact) mass is 221 g/mol. The zero-order valence-corrected chi connectivity index (χ0v) is 8.38. The average Bonchev–Trinajstić information content (AvgIpc) is 2.04. The summed E-state index contributed by atoms with van der Waals surface area (Å²) >= 11 is 5.57. The number of hydrogen-bond acceptors (Lipinski definition) is 3. The fourth-order valence-corrected chi connectivity index (χ4v) is 1.67. The Kier molecular flexibility index (Phi) is 2.92. The zero-order valence-electron chi connectivity index (χ0n) is 6.81. The number of sulfonamides is 1. The van der Waals surface area contributed by atoms with E-state index in [9.17, 15) is 8.42 Å². The predicted octanol–water partition coefficient (Wildman–Crippen LogP) is 1.35. The van der Waals surface area contributed by atoms with E-state index in [1.807, 2.05) is 0 Å². The Hall–Kier alpha value is -0.620. The van der Waals surface area contributed by atoms with Crippen molar-refractivity contribution in [1.82, 2.24) is 4.47 Å². The first-order valence-electron chi connectivity index (χ1n) is 3.38. The second-order valence-electron chi connectivity index (χ2n) is 2.39. The molecule has 0 aromatic heterocycles. The Morgan fingerprint density at radius 2 is 1.77 bits per heavy atom.